The molecule has 0 atom stereocenters. The summed E-state index contributed by atoms with van der Waals surface area (Å²) in [4.78, 5) is 4.19. The average molecular weight is 288 g/mol. The molecule has 0 unspecified atom stereocenters. The van der Waals surface area contributed by atoms with Crippen LogP contribution in [0.5, 0.6) is 5.75 Å². The number of methoxy groups -OCH3 is 1. The quantitative estimate of drug-likeness (QED) is 0.681. The van der Waals surface area contributed by atoms with Crippen LogP contribution in [0.15, 0.2) is 29.7 Å². The molecule has 1 heterocycles. The van der Waals surface area contributed by atoms with E-state index in [9.17, 15) is 0 Å². The number of aromatic nitrogens is 3. The summed E-state index contributed by atoms with van der Waals surface area (Å²) < 4.78 is 7.12. The molecule has 20 heavy (non-hydrogen) atoms. The first-order valence-corrected chi connectivity index (χ1v) is 7.05. The first-order chi connectivity index (χ1) is 9.74. The highest BCUT2D eigenvalue weighted by Crippen LogP contribution is 2.27. The number of thioether (sulfide) groups is 1. The van der Waals surface area contributed by atoms with Gasteiger partial charge < -0.3 is 10.5 Å². The molecule has 1 aromatic carbocycles. The molecule has 0 bridgehead atoms. The van der Waals surface area contributed by atoms with Gasteiger partial charge in [-0.15, -0.1) is 0 Å². The maximum atomic E-state index is 5.39. The van der Waals surface area contributed by atoms with Crippen molar-refractivity contribution in [2.75, 3.05) is 13.7 Å². The van der Waals surface area contributed by atoms with Crippen molar-refractivity contribution in [3.8, 4) is 17.6 Å². The third-order valence-corrected chi connectivity index (χ3v) is 3.72. The summed E-state index contributed by atoms with van der Waals surface area (Å²) in [6, 6.07) is 5.87. The van der Waals surface area contributed by atoms with Crippen LogP contribution in [0.3, 0.4) is 0 Å². The number of nitrogens with two attached hydrogens (primary N) is 1. The largest absolute Gasteiger partial charge is 0.496 e. The minimum Gasteiger partial charge on any atom is -0.496 e. The Morgan fingerprint density at radius 1 is 1.45 bits per heavy atom. The number of nitrogens with zero attached hydrogens (tertiary/aromatic N) is 3. The van der Waals surface area contributed by atoms with Crippen LogP contribution in [0.4, 0.5) is 0 Å². The fraction of sp³-hybridized carbons (Fsp3) is 0.286. The maximum absolute atomic E-state index is 5.39. The molecular weight excluding hydrogens is 272 g/mol. The normalized spacial score (nSPS) is 9.95. The van der Waals surface area contributed by atoms with Gasteiger partial charge in [-0.25, -0.2) is 9.67 Å². The van der Waals surface area contributed by atoms with Gasteiger partial charge in [-0.1, -0.05) is 23.6 Å². The summed E-state index contributed by atoms with van der Waals surface area (Å²) in [6.45, 7) is 0.356. The minimum absolute atomic E-state index is 0.356. The van der Waals surface area contributed by atoms with Gasteiger partial charge in [-0.3, -0.25) is 0 Å². The Balaban J connectivity index is 2.18. The molecule has 0 aliphatic rings. The second kappa shape index (κ2) is 6.98. The van der Waals surface area contributed by atoms with Gasteiger partial charge in [0.05, 0.1) is 13.7 Å². The van der Waals surface area contributed by atoms with E-state index in [0.29, 0.717) is 6.54 Å². The molecule has 2 aromatic rings. The van der Waals surface area contributed by atoms with Gasteiger partial charge >= 0.3 is 0 Å². The molecule has 2 rings (SSSR count). The van der Waals surface area contributed by atoms with Crippen LogP contribution in [-0.2, 0) is 12.8 Å². The summed E-state index contributed by atoms with van der Waals surface area (Å²) >= 11 is 1.61. The van der Waals surface area contributed by atoms with Crippen LogP contribution in [0.25, 0.3) is 0 Å². The van der Waals surface area contributed by atoms with Gasteiger partial charge in [0.2, 0.25) is 0 Å². The second-order valence-corrected chi connectivity index (χ2v) is 4.93. The van der Waals surface area contributed by atoms with Crippen molar-refractivity contribution < 1.29 is 4.74 Å². The maximum Gasteiger partial charge on any atom is 0.186 e. The number of aryl methyl sites for hydroxylation is 1. The van der Waals surface area contributed by atoms with Crippen molar-refractivity contribution in [3.63, 3.8) is 0 Å². The lowest BCUT2D eigenvalue weighted by atomic mass is 10.1. The Kier molecular flexibility index (Phi) is 5.04. The average Bonchev–Trinajstić information content (AvgIpc) is 2.88. The molecular formula is C14H16N4OS. The molecule has 5 nitrogen and oxygen atoms in total. The summed E-state index contributed by atoms with van der Waals surface area (Å²) in [5.74, 6) is 7.47. The lowest BCUT2D eigenvalue weighted by molar-refractivity contribution is 0.411. The standard InChI is InChI=1S/C14H16N4OS/c1-18-14(16-10-17-18)20-9-12-8-11(4-3-7-15)5-6-13(12)19-2/h5-6,8,10H,7,9,15H2,1-2H3. The molecule has 0 aliphatic heterocycles. The van der Waals surface area contributed by atoms with Crippen LogP contribution in [0.2, 0.25) is 0 Å². The van der Waals surface area contributed by atoms with Gasteiger partial charge in [-0.05, 0) is 18.2 Å². The van der Waals surface area contributed by atoms with Crippen LogP contribution in [0, 0.1) is 11.8 Å². The second-order valence-electron chi connectivity index (χ2n) is 3.99. The molecule has 0 amide bonds. The van der Waals surface area contributed by atoms with Gasteiger partial charge in [0, 0.05) is 23.9 Å². The van der Waals surface area contributed by atoms with Crippen LogP contribution >= 0.6 is 11.8 Å². The molecule has 0 saturated heterocycles. The van der Waals surface area contributed by atoms with Crippen LogP contribution in [0.1, 0.15) is 11.1 Å². The monoisotopic (exact) mass is 288 g/mol. The van der Waals surface area contributed by atoms with Gasteiger partial charge in [0.25, 0.3) is 0 Å². The van der Waals surface area contributed by atoms with E-state index in [1.165, 1.54) is 0 Å². The van der Waals surface area contributed by atoms with Crippen molar-refractivity contribution in [1.29, 1.82) is 0 Å². The smallest absolute Gasteiger partial charge is 0.186 e. The van der Waals surface area contributed by atoms with Crippen molar-refractivity contribution in [1.82, 2.24) is 14.8 Å². The predicted octanol–water partition coefficient (Wildman–Crippen LogP) is 1.43. The van der Waals surface area contributed by atoms with Crippen LogP contribution < -0.4 is 10.5 Å². The Hall–Kier alpha value is -1.97. The zero-order valence-electron chi connectivity index (χ0n) is 11.5. The fourth-order valence-electron chi connectivity index (χ4n) is 1.68. The Morgan fingerprint density at radius 2 is 2.30 bits per heavy atom. The highest BCUT2D eigenvalue weighted by Gasteiger charge is 2.07. The minimum atomic E-state index is 0.356. The van der Waals surface area contributed by atoms with E-state index in [0.717, 1.165) is 27.8 Å². The molecule has 0 saturated carbocycles. The highest BCUT2D eigenvalue weighted by molar-refractivity contribution is 7.98. The fourth-order valence-corrected chi connectivity index (χ4v) is 2.55. The van der Waals surface area contributed by atoms with E-state index in [1.54, 1.807) is 29.9 Å². The Labute approximate surface area is 122 Å². The predicted molar refractivity (Wildman–Crippen MR) is 79.5 cm³/mol. The first kappa shape index (κ1) is 14.4. The highest BCUT2D eigenvalue weighted by atomic mass is 32.2. The first-order valence-electron chi connectivity index (χ1n) is 6.07. The Morgan fingerprint density at radius 3 is 2.95 bits per heavy atom. The SMILES string of the molecule is COc1ccc(C#CCN)cc1CSc1ncnn1C. The summed E-state index contributed by atoms with van der Waals surface area (Å²) in [6.07, 6.45) is 1.54. The number of hydrogen-bond acceptors (Lipinski definition) is 5. The zero-order valence-corrected chi connectivity index (χ0v) is 12.3. The molecule has 104 valence electrons. The van der Waals surface area contributed by atoms with E-state index in [-0.39, 0.29) is 0 Å². The van der Waals surface area contributed by atoms with E-state index in [2.05, 4.69) is 21.9 Å². The van der Waals surface area contributed by atoms with E-state index < -0.39 is 0 Å². The molecule has 0 aliphatic carbocycles. The van der Waals surface area contributed by atoms with E-state index >= 15 is 0 Å². The molecule has 2 N–H and O–H groups in total. The van der Waals surface area contributed by atoms with Crippen LogP contribution in [-0.4, -0.2) is 28.4 Å². The van der Waals surface area contributed by atoms with Crippen molar-refractivity contribution >= 4 is 11.8 Å². The number of hydrogen-bond donors (Lipinski definition) is 1. The number of rotatable bonds is 4. The molecule has 1 aromatic heterocycles. The summed E-state index contributed by atoms with van der Waals surface area (Å²) in [5.41, 5.74) is 7.40. The molecule has 0 spiro atoms. The molecule has 6 heteroatoms. The molecule has 0 fully saturated rings. The van der Waals surface area contributed by atoms with E-state index in [4.69, 9.17) is 10.5 Å². The third-order valence-electron chi connectivity index (χ3n) is 2.64. The van der Waals surface area contributed by atoms with Gasteiger partial charge in [0.1, 0.15) is 12.1 Å². The van der Waals surface area contributed by atoms with Gasteiger partial charge in [-0.2, -0.15) is 5.10 Å². The molecule has 0 radical (unpaired) electrons. The van der Waals surface area contributed by atoms with Crippen molar-refractivity contribution in [2.24, 2.45) is 12.8 Å². The van der Waals surface area contributed by atoms with Gasteiger partial charge in [0.15, 0.2) is 5.16 Å². The van der Waals surface area contributed by atoms with E-state index in [1.807, 2.05) is 25.2 Å². The number of ether oxygens (including phenoxy) is 1. The summed E-state index contributed by atoms with van der Waals surface area (Å²) in [7, 11) is 3.53. The number of benzene rings is 1. The lowest BCUT2D eigenvalue weighted by Crippen LogP contribution is -1.96. The Bertz CT molecular complexity index is 642. The zero-order chi connectivity index (χ0) is 14.4. The third kappa shape index (κ3) is 3.53. The van der Waals surface area contributed by atoms with Crippen molar-refractivity contribution in [2.45, 2.75) is 10.9 Å². The summed E-state index contributed by atoms with van der Waals surface area (Å²) in [5, 5.41) is 4.91. The lowest BCUT2D eigenvalue weighted by Gasteiger charge is -2.08. The topological polar surface area (TPSA) is 66.0 Å². The van der Waals surface area contributed by atoms with Crippen molar-refractivity contribution in [3.05, 3.63) is 35.7 Å².